The number of aryl methyl sites for hydroxylation is 2. The molecule has 0 unspecified atom stereocenters. The van der Waals surface area contributed by atoms with E-state index in [0.29, 0.717) is 12.6 Å². The van der Waals surface area contributed by atoms with Crippen molar-refractivity contribution in [1.82, 2.24) is 10.3 Å². The summed E-state index contributed by atoms with van der Waals surface area (Å²) in [5.74, 6) is 0. The van der Waals surface area contributed by atoms with Gasteiger partial charge in [-0.25, -0.2) is 0 Å². The highest BCUT2D eigenvalue weighted by Gasteiger charge is 2.14. The summed E-state index contributed by atoms with van der Waals surface area (Å²) in [5, 5.41) is 3.41. The first-order valence-corrected chi connectivity index (χ1v) is 7.26. The van der Waals surface area contributed by atoms with E-state index < -0.39 is 0 Å². The zero-order chi connectivity index (χ0) is 15.6. The number of oxazole rings is 1. The Labute approximate surface area is 127 Å². The fourth-order valence-corrected chi connectivity index (χ4v) is 2.14. The summed E-state index contributed by atoms with van der Waals surface area (Å²) in [7, 11) is 1.97. The molecule has 4 nitrogen and oxygen atoms in total. The van der Waals surface area contributed by atoms with Gasteiger partial charge >= 0.3 is 6.01 Å². The van der Waals surface area contributed by atoms with Crippen LogP contribution in [0.15, 0.2) is 28.9 Å². The van der Waals surface area contributed by atoms with Crippen molar-refractivity contribution in [3.05, 3.63) is 41.3 Å². The molecule has 0 bridgehead atoms. The molecule has 0 aliphatic carbocycles. The van der Waals surface area contributed by atoms with Crippen LogP contribution in [0, 0.1) is 13.8 Å². The van der Waals surface area contributed by atoms with Gasteiger partial charge in [-0.3, -0.25) is 4.90 Å². The molecule has 0 spiro atoms. The molecule has 0 radical (unpaired) electrons. The molecule has 0 aliphatic heterocycles. The summed E-state index contributed by atoms with van der Waals surface area (Å²) in [6.45, 7) is 11.3. The quantitative estimate of drug-likeness (QED) is 0.924. The highest BCUT2D eigenvalue weighted by Crippen LogP contribution is 2.25. The van der Waals surface area contributed by atoms with Gasteiger partial charge in [0.1, 0.15) is 6.26 Å². The molecule has 0 atom stereocenters. The standard InChI is InChI=1S/C17H25N3O/c1-12-7-13(2)9-15(8-12)20(6)16-19-14(11-21-16)10-18-17(3,4)5/h7-9,11,18H,10H2,1-6H3. The number of anilines is 2. The van der Waals surface area contributed by atoms with Crippen molar-refractivity contribution in [3.63, 3.8) is 0 Å². The Hall–Kier alpha value is -1.81. The first kappa shape index (κ1) is 15.6. The maximum absolute atomic E-state index is 5.60. The third kappa shape index (κ3) is 4.33. The van der Waals surface area contributed by atoms with Crippen molar-refractivity contribution in [2.24, 2.45) is 0 Å². The van der Waals surface area contributed by atoms with Crippen LogP contribution in [0.2, 0.25) is 0 Å². The van der Waals surface area contributed by atoms with E-state index in [-0.39, 0.29) is 5.54 Å². The van der Waals surface area contributed by atoms with Crippen molar-refractivity contribution in [2.45, 2.75) is 46.7 Å². The van der Waals surface area contributed by atoms with Crippen LogP contribution in [0.4, 0.5) is 11.7 Å². The van der Waals surface area contributed by atoms with Gasteiger partial charge in [0.05, 0.1) is 5.69 Å². The monoisotopic (exact) mass is 287 g/mol. The van der Waals surface area contributed by atoms with Crippen LogP contribution in [-0.4, -0.2) is 17.6 Å². The Bertz CT molecular complexity index is 590. The smallest absolute Gasteiger partial charge is 0.301 e. The van der Waals surface area contributed by atoms with Crippen LogP contribution >= 0.6 is 0 Å². The van der Waals surface area contributed by atoms with Crippen molar-refractivity contribution < 1.29 is 4.42 Å². The molecule has 114 valence electrons. The highest BCUT2D eigenvalue weighted by molar-refractivity contribution is 5.57. The van der Waals surface area contributed by atoms with Crippen molar-refractivity contribution in [3.8, 4) is 0 Å². The zero-order valence-corrected chi connectivity index (χ0v) is 13.8. The van der Waals surface area contributed by atoms with Gasteiger partial charge < -0.3 is 9.73 Å². The van der Waals surface area contributed by atoms with Gasteiger partial charge in [-0.05, 0) is 57.9 Å². The van der Waals surface area contributed by atoms with E-state index in [1.54, 1.807) is 6.26 Å². The molecule has 1 aromatic heterocycles. The molecule has 1 N–H and O–H groups in total. The molecule has 21 heavy (non-hydrogen) atoms. The summed E-state index contributed by atoms with van der Waals surface area (Å²) in [5.41, 5.74) is 4.54. The zero-order valence-electron chi connectivity index (χ0n) is 13.8. The highest BCUT2D eigenvalue weighted by atomic mass is 16.4. The minimum absolute atomic E-state index is 0.0681. The van der Waals surface area contributed by atoms with Crippen molar-refractivity contribution >= 4 is 11.7 Å². The first-order valence-electron chi connectivity index (χ1n) is 7.26. The van der Waals surface area contributed by atoms with Gasteiger partial charge in [-0.2, -0.15) is 4.98 Å². The van der Waals surface area contributed by atoms with Gasteiger partial charge in [0.25, 0.3) is 0 Å². The number of hydrogen-bond donors (Lipinski definition) is 1. The van der Waals surface area contributed by atoms with Gasteiger partial charge in [0, 0.05) is 24.8 Å². The maximum Gasteiger partial charge on any atom is 0.301 e. The molecule has 0 saturated carbocycles. The lowest BCUT2D eigenvalue weighted by atomic mass is 10.1. The van der Waals surface area contributed by atoms with E-state index in [9.17, 15) is 0 Å². The molecule has 2 aromatic rings. The van der Waals surface area contributed by atoms with Gasteiger partial charge in [0.2, 0.25) is 0 Å². The summed E-state index contributed by atoms with van der Waals surface area (Å²) in [4.78, 5) is 6.52. The third-order valence-electron chi connectivity index (χ3n) is 3.22. The van der Waals surface area contributed by atoms with Crippen LogP contribution in [-0.2, 0) is 6.54 Å². The number of nitrogens with one attached hydrogen (secondary N) is 1. The number of benzene rings is 1. The Morgan fingerprint density at radius 2 is 1.76 bits per heavy atom. The van der Waals surface area contributed by atoms with E-state index >= 15 is 0 Å². The number of nitrogens with zero attached hydrogens (tertiary/aromatic N) is 2. The summed E-state index contributed by atoms with van der Waals surface area (Å²) in [6.07, 6.45) is 1.72. The van der Waals surface area contributed by atoms with E-state index in [2.05, 4.69) is 63.1 Å². The molecule has 0 saturated heterocycles. The second-order valence-electron chi connectivity index (χ2n) is 6.63. The Kier molecular flexibility index (Phi) is 4.37. The summed E-state index contributed by atoms with van der Waals surface area (Å²) >= 11 is 0. The van der Waals surface area contributed by atoms with E-state index in [1.807, 2.05) is 11.9 Å². The van der Waals surface area contributed by atoms with Crippen LogP contribution < -0.4 is 10.2 Å². The first-order chi connectivity index (χ1) is 9.74. The molecule has 0 fully saturated rings. The third-order valence-corrected chi connectivity index (χ3v) is 3.22. The molecule has 0 amide bonds. The van der Waals surface area contributed by atoms with E-state index in [4.69, 9.17) is 4.42 Å². The molecular formula is C17H25N3O. The Morgan fingerprint density at radius 1 is 1.14 bits per heavy atom. The van der Waals surface area contributed by atoms with Gasteiger partial charge in [-0.15, -0.1) is 0 Å². The Morgan fingerprint density at radius 3 is 2.33 bits per heavy atom. The largest absolute Gasteiger partial charge is 0.431 e. The maximum atomic E-state index is 5.60. The lowest BCUT2D eigenvalue weighted by Gasteiger charge is -2.19. The molecular weight excluding hydrogens is 262 g/mol. The average molecular weight is 287 g/mol. The molecule has 1 heterocycles. The average Bonchev–Trinajstić information content (AvgIpc) is 2.82. The summed E-state index contributed by atoms with van der Waals surface area (Å²) in [6, 6.07) is 7.03. The predicted molar refractivity (Wildman–Crippen MR) is 87.1 cm³/mol. The minimum atomic E-state index is 0.0681. The molecule has 0 aliphatic rings. The SMILES string of the molecule is Cc1cc(C)cc(N(C)c2nc(CNC(C)(C)C)co2)c1. The Balaban J connectivity index is 2.13. The van der Waals surface area contributed by atoms with E-state index in [0.717, 1.165) is 11.4 Å². The molecule has 4 heteroatoms. The lowest BCUT2D eigenvalue weighted by Crippen LogP contribution is -2.35. The second kappa shape index (κ2) is 5.90. The van der Waals surface area contributed by atoms with Crippen molar-refractivity contribution in [1.29, 1.82) is 0 Å². The normalized spacial score (nSPS) is 11.7. The van der Waals surface area contributed by atoms with Crippen LogP contribution in [0.1, 0.15) is 37.6 Å². The fourth-order valence-electron chi connectivity index (χ4n) is 2.14. The van der Waals surface area contributed by atoms with Crippen molar-refractivity contribution in [2.75, 3.05) is 11.9 Å². The molecule has 1 aromatic carbocycles. The lowest BCUT2D eigenvalue weighted by molar-refractivity contribution is 0.421. The van der Waals surface area contributed by atoms with Gasteiger partial charge in [-0.1, -0.05) is 6.07 Å². The number of aromatic nitrogens is 1. The second-order valence-corrected chi connectivity index (χ2v) is 6.63. The summed E-state index contributed by atoms with van der Waals surface area (Å²) < 4.78 is 5.60. The minimum Gasteiger partial charge on any atom is -0.431 e. The predicted octanol–water partition coefficient (Wildman–Crippen LogP) is 3.95. The molecule has 2 rings (SSSR count). The van der Waals surface area contributed by atoms with Crippen LogP contribution in [0.25, 0.3) is 0 Å². The van der Waals surface area contributed by atoms with Crippen LogP contribution in [0.3, 0.4) is 0 Å². The fraction of sp³-hybridized carbons (Fsp3) is 0.471. The van der Waals surface area contributed by atoms with Gasteiger partial charge in [0.15, 0.2) is 0 Å². The van der Waals surface area contributed by atoms with E-state index in [1.165, 1.54) is 11.1 Å². The number of hydrogen-bond acceptors (Lipinski definition) is 4. The van der Waals surface area contributed by atoms with Crippen LogP contribution in [0.5, 0.6) is 0 Å². The number of rotatable bonds is 4. The topological polar surface area (TPSA) is 41.3 Å².